The minimum atomic E-state index is -0.907. The lowest BCUT2D eigenvalue weighted by Crippen LogP contribution is -2.05. The maximum absolute atomic E-state index is 11.4. The van der Waals surface area contributed by atoms with E-state index in [1.54, 1.807) is 12.1 Å². The highest BCUT2D eigenvalue weighted by Gasteiger charge is 2.20. The van der Waals surface area contributed by atoms with E-state index in [9.17, 15) is 15.2 Å². The fourth-order valence-electron chi connectivity index (χ4n) is 2.55. The lowest BCUT2D eigenvalue weighted by Gasteiger charge is -2.11. The predicted octanol–water partition coefficient (Wildman–Crippen LogP) is 4.89. The first-order chi connectivity index (χ1) is 11.4. The number of rotatable bonds is 6. The van der Waals surface area contributed by atoms with Crippen molar-refractivity contribution in [2.75, 3.05) is 6.61 Å². The number of benzene rings is 1. The van der Waals surface area contributed by atoms with E-state index in [2.05, 4.69) is 19.9 Å². The maximum Gasteiger partial charge on any atom is 0.346 e. The standard InChI is InChI=1S/C19H21NO3S/c1-5-15-12(4)17(19(21)22)24-18(15)13-6-7-16(14(8-13)9-20)23-10-11(2)3/h6-8,11H,5,10H2,1-4H3,(H,21,22). The smallest absolute Gasteiger partial charge is 0.346 e. The fraction of sp³-hybridized carbons (Fsp3) is 0.368. The lowest BCUT2D eigenvalue weighted by molar-refractivity contribution is 0.0701. The van der Waals surface area contributed by atoms with Crippen molar-refractivity contribution in [1.29, 1.82) is 5.26 Å². The molecule has 0 saturated carbocycles. The average molecular weight is 343 g/mol. The summed E-state index contributed by atoms with van der Waals surface area (Å²) in [6, 6.07) is 7.65. The lowest BCUT2D eigenvalue weighted by atomic mass is 10.0. The Bertz CT molecular complexity index is 800. The monoisotopic (exact) mass is 343 g/mol. The Balaban J connectivity index is 2.49. The van der Waals surface area contributed by atoms with Crippen molar-refractivity contribution in [3.05, 3.63) is 39.8 Å². The summed E-state index contributed by atoms with van der Waals surface area (Å²) in [5.41, 5.74) is 3.17. The van der Waals surface area contributed by atoms with Gasteiger partial charge in [-0.05, 0) is 54.2 Å². The number of nitriles is 1. The number of hydrogen-bond donors (Lipinski definition) is 1. The zero-order valence-corrected chi connectivity index (χ0v) is 15.2. The molecule has 0 radical (unpaired) electrons. The summed E-state index contributed by atoms with van der Waals surface area (Å²) < 4.78 is 5.69. The van der Waals surface area contributed by atoms with Gasteiger partial charge in [0.2, 0.25) is 0 Å². The zero-order valence-electron chi connectivity index (χ0n) is 14.3. The molecule has 0 aliphatic heterocycles. The fourth-order valence-corrected chi connectivity index (χ4v) is 3.78. The molecule has 4 nitrogen and oxygen atoms in total. The van der Waals surface area contributed by atoms with Gasteiger partial charge in [-0.1, -0.05) is 20.8 Å². The van der Waals surface area contributed by atoms with Crippen LogP contribution in [-0.4, -0.2) is 17.7 Å². The Labute approximate surface area is 146 Å². The van der Waals surface area contributed by atoms with Crippen LogP contribution in [-0.2, 0) is 6.42 Å². The molecule has 0 atom stereocenters. The first-order valence-corrected chi connectivity index (χ1v) is 8.73. The molecule has 5 heteroatoms. The van der Waals surface area contributed by atoms with Crippen molar-refractivity contribution >= 4 is 17.3 Å². The summed E-state index contributed by atoms with van der Waals surface area (Å²) in [6.07, 6.45) is 0.748. The van der Waals surface area contributed by atoms with Crippen molar-refractivity contribution in [2.24, 2.45) is 5.92 Å². The third-order valence-corrected chi connectivity index (χ3v) is 5.12. The molecule has 0 amide bonds. The van der Waals surface area contributed by atoms with Gasteiger partial charge in [0.25, 0.3) is 0 Å². The summed E-state index contributed by atoms with van der Waals surface area (Å²) in [5, 5.41) is 18.8. The normalized spacial score (nSPS) is 10.7. The van der Waals surface area contributed by atoms with Gasteiger partial charge in [0, 0.05) is 4.88 Å². The second-order valence-electron chi connectivity index (χ2n) is 6.05. The molecule has 1 aromatic heterocycles. The molecule has 0 bridgehead atoms. The summed E-state index contributed by atoms with van der Waals surface area (Å²) in [5.74, 6) is 0.0385. The molecule has 1 heterocycles. The number of carboxylic acids is 1. The van der Waals surface area contributed by atoms with Crippen LogP contribution in [0.3, 0.4) is 0 Å². The van der Waals surface area contributed by atoms with Gasteiger partial charge in [0.15, 0.2) is 0 Å². The number of nitrogens with zero attached hydrogens (tertiary/aromatic N) is 1. The van der Waals surface area contributed by atoms with Gasteiger partial charge in [0.1, 0.15) is 16.7 Å². The van der Waals surface area contributed by atoms with Gasteiger partial charge in [-0.25, -0.2) is 4.79 Å². The molecule has 0 aliphatic carbocycles. The highest BCUT2D eigenvalue weighted by Crippen LogP contribution is 2.38. The molecule has 0 saturated heterocycles. The molecule has 0 spiro atoms. The second-order valence-corrected chi connectivity index (χ2v) is 7.07. The van der Waals surface area contributed by atoms with Gasteiger partial charge < -0.3 is 9.84 Å². The van der Waals surface area contributed by atoms with Crippen molar-refractivity contribution in [3.63, 3.8) is 0 Å². The molecule has 1 aromatic carbocycles. The van der Waals surface area contributed by atoms with Crippen molar-refractivity contribution < 1.29 is 14.6 Å². The van der Waals surface area contributed by atoms with Crippen LogP contribution in [0.4, 0.5) is 0 Å². The minimum Gasteiger partial charge on any atom is -0.492 e. The molecule has 0 aliphatic rings. The third-order valence-electron chi connectivity index (χ3n) is 3.75. The van der Waals surface area contributed by atoms with Crippen LogP contribution in [0, 0.1) is 24.2 Å². The number of aromatic carboxylic acids is 1. The van der Waals surface area contributed by atoms with Crippen molar-refractivity contribution in [3.8, 4) is 22.3 Å². The van der Waals surface area contributed by atoms with Crippen molar-refractivity contribution in [2.45, 2.75) is 34.1 Å². The Hall–Kier alpha value is -2.32. The number of ether oxygens (including phenoxy) is 1. The molecular weight excluding hydrogens is 322 g/mol. The Morgan fingerprint density at radius 2 is 2.12 bits per heavy atom. The van der Waals surface area contributed by atoms with E-state index in [-0.39, 0.29) is 0 Å². The first kappa shape index (κ1) is 18.0. The van der Waals surface area contributed by atoms with Crippen LogP contribution < -0.4 is 4.74 Å². The predicted molar refractivity (Wildman–Crippen MR) is 95.9 cm³/mol. The van der Waals surface area contributed by atoms with Crippen LogP contribution in [0.25, 0.3) is 10.4 Å². The van der Waals surface area contributed by atoms with Gasteiger partial charge >= 0.3 is 5.97 Å². The Morgan fingerprint density at radius 1 is 1.42 bits per heavy atom. The second kappa shape index (κ2) is 7.50. The maximum atomic E-state index is 11.4. The highest BCUT2D eigenvalue weighted by atomic mass is 32.1. The number of carboxylic acid groups (broad SMARTS) is 1. The molecule has 126 valence electrons. The minimum absolute atomic E-state index is 0.362. The van der Waals surface area contributed by atoms with Crippen LogP contribution in [0.1, 0.15) is 47.1 Å². The molecule has 24 heavy (non-hydrogen) atoms. The van der Waals surface area contributed by atoms with E-state index in [0.717, 1.165) is 28.0 Å². The average Bonchev–Trinajstić information content (AvgIpc) is 2.89. The molecule has 2 aromatic rings. The van der Waals surface area contributed by atoms with E-state index in [1.807, 2.05) is 19.9 Å². The topological polar surface area (TPSA) is 70.3 Å². The third kappa shape index (κ3) is 3.60. The van der Waals surface area contributed by atoms with E-state index in [1.165, 1.54) is 11.3 Å². The molecule has 0 unspecified atom stereocenters. The number of hydrogen-bond acceptors (Lipinski definition) is 4. The summed E-state index contributed by atoms with van der Waals surface area (Å²) >= 11 is 1.27. The van der Waals surface area contributed by atoms with Crippen LogP contribution in [0.2, 0.25) is 0 Å². The molecule has 2 rings (SSSR count). The molecule has 0 fully saturated rings. The van der Waals surface area contributed by atoms with Crippen LogP contribution in [0.15, 0.2) is 18.2 Å². The largest absolute Gasteiger partial charge is 0.492 e. The molecule has 1 N–H and O–H groups in total. The number of carbonyl (C=O) groups is 1. The quantitative estimate of drug-likeness (QED) is 0.810. The van der Waals surface area contributed by atoms with E-state index < -0.39 is 5.97 Å². The van der Waals surface area contributed by atoms with Gasteiger partial charge in [-0.3, -0.25) is 0 Å². The SMILES string of the molecule is CCc1c(-c2ccc(OCC(C)C)c(C#N)c2)sc(C(=O)O)c1C. The van der Waals surface area contributed by atoms with Crippen LogP contribution in [0.5, 0.6) is 5.75 Å². The number of thiophene rings is 1. The van der Waals surface area contributed by atoms with Gasteiger partial charge in [-0.2, -0.15) is 5.26 Å². The summed E-state index contributed by atoms with van der Waals surface area (Å²) in [4.78, 5) is 12.7. The first-order valence-electron chi connectivity index (χ1n) is 7.91. The highest BCUT2D eigenvalue weighted by molar-refractivity contribution is 7.17. The van der Waals surface area contributed by atoms with E-state index in [0.29, 0.717) is 28.7 Å². The summed E-state index contributed by atoms with van der Waals surface area (Å²) in [7, 11) is 0. The summed E-state index contributed by atoms with van der Waals surface area (Å²) in [6.45, 7) is 8.50. The van der Waals surface area contributed by atoms with E-state index in [4.69, 9.17) is 4.74 Å². The van der Waals surface area contributed by atoms with E-state index >= 15 is 0 Å². The Kier molecular flexibility index (Phi) is 5.63. The van der Waals surface area contributed by atoms with Crippen molar-refractivity contribution in [1.82, 2.24) is 0 Å². The van der Waals surface area contributed by atoms with Gasteiger partial charge in [-0.15, -0.1) is 11.3 Å². The molecular formula is C19H21NO3S. The van der Waals surface area contributed by atoms with Crippen LogP contribution >= 0.6 is 11.3 Å². The zero-order chi connectivity index (χ0) is 17.9. The van der Waals surface area contributed by atoms with Gasteiger partial charge in [0.05, 0.1) is 12.2 Å². The Morgan fingerprint density at radius 3 is 2.67 bits per heavy atom.